The van der Waals surface area contributed by atoms with E-state index in [1.807, 2.05) is 6.07 Å². The molecule has 7 heteroatoms. The zero-order valence-corrected chi connectivity index (χ0v) is 34.3. The summed E-state index contributed by atoms with van der Waals surface area (Å²) in [4.78, 5) is 25.7. The van der Waals surface area contributed by atoms with Crippen LogP contribution < -0.4 is 9.47 Å². The van der Waals surface area contributed by atoms with Gasteiger partial charge in [-0.15, -0.1) is 0 Å². The molecule has 0 fully saturated rings. The fourth-order valence-electron chi connectivity index (χ4n) is 7.35. The maximum Gasteiger partial charge on any atom is 0.309 e. The molecule has 0 unspecified atom stereocenters. The Bertz CT molecular complexity index is 992. The second-order valence-corrected chi connectivity index (χ2v) is 15.9. The highest BCUT2D eigenvalue weighted by Crippen LogP contribution is 2.38. The fraction of sp³-hybridized carbons (Fsp3) is 0.822. The summed E-state index contributed by atoms with van der Waals surface area (Å²) in [5.74, 6) is 0.389. The van der Waals surface area contributed by atoms with E-state index in [1.165, 1.54) is 77.0 Å². The average molecular weight is 732 g/mol. The summed E-state index contributed by atoms with van der Waals surface area (Å²) in [6, 6.07) is 6.19. The lowest BCUT2D eigenvalue weighted by atomic mass is 9.74. The molecular weight excluding hydrogens is 650 g/mol. The van der Waals surface area contributed by atoms with Gasteiger partial charge in [-0.1, -0.05) is 155 Å². The van der Waals surface area contributed by atoms with Crippen molar-refractivity contribution >= 4 is 11.9 Å². The van der Waals surface area contributed by atoms with Crippen LogP contribution in [0.4, 0.5) is 0 Å². The van der Waals surface area contributed by atoms with Gasteiger partial charge in [0.05, 0.1) is 18.6 Å². The van der Waals surface area contributed by atoms with Crippen molar-refractivity contribution in [3.63, 3.8) is 0 Å². The van der Waals surface area contributed by atoms with E-state index in [9.17, 15) is 14.7 Å². The fourth-order valence-corrected chi connectivity index (χ4v) is 7.35. The number of hydrogen-bond donors (Lipinski definition) is 2. The molecule has 0 saturated carbocycles. The molecule has 52 heavy (non-hydrogen) atoms. The van der Waals surface area contributed by atoms with Gasteiger partial charge in [0.1, 0.15) is 11.5 Å². The van der Waals surface area contributed by atoms with Crippen LogP contribution in [0.15, 0.2) is 18.2 Å². The van der Waals surface area contributed by atoms with Crippen molar-refractivity contribution in [1.29, 1.82) is 0 Å². The molecule has 2 N–H and O–H groups in total. The van der Waals surface area contributed by atoms with E-state index in [2.05, 4.69) is 45.0 Å². The van der Waals surface area contributed by atoms with E-state index >= 15 is 0 Å². The van der Waals surface area contributed by atoms with Crippen molar-refractivity contribution in [2.75, 3.05) is 27.3 Å². The number of carbonyl (C=O) groups is 2. The van der Waals surface area contributed by atoms with Crippen LogP contribution in [0.2, 0.25) is 0 Å². The predicted molar refractivity (Wildman–Crippen MR) is 218 cm³/mol. The third-order valence-electron chi connectivity index (χ3n) is 10.5. The zero-order valence-electron chi connectivity index (χ0n) is 34.3. The number of benzene rings is 1. The third kappa shape index (κ3) is 25.7. The van der Waals surface area contributed by atoms with Crippen LogP contribution in [0, 0.1) is 5.41 Å². The normalized spacial score (nSPS) is 11.7. The number of nitrogens with zero attached hydrogens (tertiary/aromatic N) is 1. The zero-order chi connectivity index (χ0) is 38.1. The standard InChI is InChI=1S/C45H81NO6/c1-5-7-9-11-13-15-19-25-31-45(44(49)50,32-26-20-16-14-12-10-8-6-2)33-27-21-23-29-35-52-42-37-40(39-46(3)4)36-41(38-42)51-34-28-22-17-18-24-30-43(47)48/h36-38H,5-35,39H2,1-4H3,(H,47,48)(H,49,50). The number of unbranched alkanes of at least 4 members (excludes halogenated alkanes) is 21. The highest BCUT2D eigenvalue weighted by Gasteiger charge is 2.36. The molecule has 1 aromatic carbocycles. The van der Waals surface area contributed by atoms with Crippen molar-refractivity contribution in [1.82, 2.24) is 4.90 Å². The third-order valence-corrected chi connectivity index (χ3v) is 10.5. The number of aliphatic carboxylic acids is 2. The minimum Gasteiger partial charge on any atom is -0.493 e. The van der Waals surface area contributed by atoms with Gasteiger partial charge in [0.15, 0.2) is 0 Å². The average Bonchev–Trinajstić information content (AvgIpc) is 3.10. The Morgan fingerprint density at radius 1 is 0.538 bits per heavy atom. The highest BCUT2D eigenvalue weighted by atomic mass is 16.5. The van der Waals surface area contributed by atoms with Crippen molar-refractivity contribution < 1.29 is 29.3 Å². The SMILES string of the molecule is CCCCCCCCCCC(CCCCCCCCCC)(CCCCCCOc1cc(CN(C)C)cc(OCCCCCCCC(=O)O)c1)C(=O)O. The molecule has 0 radical (unpaired) electrons. The Morgan fingerprint density at radius 2 is 0.904 bits per heavy atom. The Hall–Kier alpha value is -2.28. The monoisotopic (exact) mass is 732 g/mol. The molecule has 0 heterocycles. The van der Waals surface area contributed by atoms with Crippen LogP contribution in [0.1, 0.15) is 206 Å². The van der Waals surface area contributed by atoms with Crippen molar-refractivity contribution in [2.24, 2.45) is 5.41 Å². The molecule has 1 aromatic rings. The Labute approximate surface area is 320 Å². The number of rotatable bonds is 38. The lowest BCUT2D eigenvalue weighted by Crippen LogP contribution is -2.31. The second kappa shape index (κ2) is 32.2. The number of carboxylic acids is 2. The van der Waals surface area contributed by atoms with Crippen LogP contribution in [-0.2, 0) is 16.1 Å². The quantitative estimate of drug-likeness (QED) is 0.0654. The summed E-state index contributed by atoms with van der Waals surface area (Å²) < 4.78 is 12.3. The summed E-state index contributed by atoms with van der Waals surface area (Å²) in [6.07, 6.45) is 31.4. The van der Waals surface area contributed by atoms with Gasteiger partial charge in [0.25, 0.3) is 0 Å². The molecule has 302 valence electrons. The van der Waals surface area contributed by atoms with Gasteiger partial charge in [-0.2, -0.15) is 0 Å². The minimum atomic E-state index is -0.718. The van der Waals surface area contributed by atoms with Crippen molar-refractivity contribution in [3.05, 3.63) is 23.8 Å². The van der Waals surface area contributed by atoms with Crippen molar-refractivity contribution in [2.45, 2.75) is 207 Å². The molecule has 0 amide bonds. The Kier molecular flexibility index (Phi) is 29.5. The lowest BCUT2D eigenvalue weighted by Gasteiger charge is -2.30. The first-order valence-corrected chi connectivity index (χ1v) is 21.7. The number of carboxylic acid groups (broad SMARTS) is 2. The second-order valence-electron chi connectivity index (χ2n) is 15.9. The van der Waals surface area contributed by atoms with E-state index in [0.29, 0.717) is 13.2 Å². The maximum atomic E-state index is 12.8. The molecule has 0 aliphatic heterocycles. The van der Waals surface area contributed by atoms with Gasteiger partial charge in [0, 0.05) is 19.0 Å². The predicted octanol–water partition coefficient (Wildman–Crippen LogP) is 13.0. The van der Waals surface area contributed by atoms with Gasteiger partial charge in [-0.05, 0) is 70.3 Å². The Morgan fingerprint density at radius 3 is 1.27 bits per heavy atom. The first-order chi connectivity index (χ1) is 25.2. The lowest BCUT2D eigenvalue weighted by molar-refractivity contribution is -0.151. The molecule has 0 aliphatic carbocycles. The topological polar surface area (TPSA) is 96.3 Å². The van der Waals surface area contributed by atoms with E-state index < -0.39 is 17.4 Å². The molecule has 0 atom stereocenters. The van der Waals surface area contributed by atoms with Crippen molar-refractivity contribution in [3.8, 4) is 11.5 Å². The number of ether oxygens (including phenoxy) is 2. The van der Waals surface area contributed by atoms with Gasteiger partial charge in [-0.3, -0.25) is 9.59 Å². The van der Waals surface area contributed by atoms with Crippen LogP contribution in [0.5, 0.6) is 11.5 Å². The highest BCUT2D eigenvalue weighted by molar-refractivity contribution is 5.74. The summed E-state index contributed by atoms with van der Waals surface area (Å²) in [5.41, 5.74) is 0.592. The molecule has 0 aromatic heterocycles. The molecule has 0 aliphatic rings. The molecule has 0 saturated heterocycles. The van der Waals surface area contributed by atoms with Crippen LogP contribution >= 0.6 is 0 Å². The van der Waals surface area contributed by atoms with Crippen LogP contribution in [0.25, 0.3) is 0 Å². The van der Waals surface area contributed by atoms with E-state index in [0.717, 1.165) is 126 Å². The van der Waals surface area contributed by atoms with E-state index in [4.69, 9.17) is 14.6 Å². The van der Waals surface area contributed by atoms with Crippen LogP contribution in [0.3, 0.4) is 0 Å². The minimum absolute atomic E-state index is 0.252. The van der Waals surface area contributed by atoms with Gasteiger partial charge in [-0.25, -0.2) is 0 Å². The maximum absolute atomic E-state index is 12.8. The molecule has 1 rings (SSSR count). The van der Waals surface area contributed by atoms with Gasteiger partial charge < -0.3 is 24.6 Å². The smallest absolute Gasteiger partial charge is 0.309 e. The van der Waals surface area contributed by atoms with Gasteiger partial charge in [0.2, 0.25) is 0 Å². The first-order valence-electron chi connectivity index (χ1n) is 21.7. The van der Waals surface area contributed by atoms with Gasteiger partial charge >= 0.3 is 11.9 Å². The summed E-state index contributed by atoms with van der Waals surface area (Å²) >= 11 is 0. The van der Waals surface area contributed by atoms with E-state index in [-0.39, 0.29) is 6.42 Å². The largest absolute Gasteiger partial charge is 0.493 e. The number of hydrogen-bond acceptors (Lipinski definition) is 5. The summed E-state index contributed by atoms with van der Waals surface area (Å²) in [5, 5.41) is 19.4. The molecular formula is C45H81NO6. The summed E-state index contributed by atoms with van der Waals surface area (Å²) in [7, 11) is 4.12. The van der Waals surface area contributed by atoms with Crippen LogP contribution in [-0.4, -0.2) is 54.4 Å². The summed E-state index contributed by atoms with van der Waals surface area (Å²) in [6.45, 7) is 6.60. The Balaban J connectivity index is 2.56. The molecule has 0 bridgehead atoms. The molecule has 7 nitrogen and oxygen atoms in total. The molecule has 0 spiro atoms. The van der Waals surface area contributed by atoms with E-state index in [1.54, 1.807) is 0 Å². The first kappa shape index (κ1) is 47.7.